The number of piperidine rings is 1. The van der Waals surface area contributed by atoms with Gasteiger partial charge in [-0.2, -0.15) is 10.2 Å². The Hall–Kier alpha value is -3.00. The fourth-order valence-electron chi connectivity index (χ4n) is 3.52. The summed E-state index contributed by atoms with van der Waals surface area (Å²) >= 11 is 1.66. The maximum atomic E-state index is 12.7. The Kier molecular flexibility index (Phi) is 5.71. The van der Waals surface area contributed by atoms with Gasteiger partial charge in [-0.05, 0) is 44.4 Å². The summed E-state index contributed by atoms with van der Waals surface area (Å²) in [5.74, 6) is -0.438. The number of aromatic nitrogens is 2. The van der Waals surface area contributed by atoms with Crippen molar-refractivity contribution in [3.8, 4) is 0 Å². The van der Waals surface area contributed by atoms with Gasteiger partial charge in [0.25, 0.3) is 11.5 Å². The summed E-state index contributed by atoms with van der Waals surface area (Å²) in [4.78, 5) is 28.4. The van der Waals surface area contributed by atoms with E-state index in [1.54, 1.807) is 41.8 Å². The highest BCUT2D eigenvalue weighted by Gasteiger charge is 2.16. The number of anilines is 1. The zero-order chi connectivity index (χ0) is 20.2. The molecule has 0 bridgehead atoms. The maximum absolute atomic E-state index is 12.7. The SMILES string of the molecule is CCn1nc(C(=O)N/N=C\c2ccc(N3CCCCC3)s2)c2ccccc2c1=O. The largest absolute Gasteiger partial charge is 0.363 e. The predicted molar refractivity (Wildman–Crippen MR) is 117 cm³/mol. The molecule has 1 amide bonds. The van der Waals surface area contributed by atoms with Crippen molar-refractivity contribution in [3.05, 3.63) is 57.3 Å². The summed E-state index contributed by atoms with van der Waals surface area (Å²) in [6, 6.07) is 11.1. The van der Waals surface area contributed by atoms with Gasteiger partial charge in [0, 0.05) is 29.9 Å². The number of thiophene rings is 1. The minimum atomic E-state index is -0.438. The van der Waals surface area contributed by atoms with Crippen molar-refractivity contribution in [2.75, 3.05) is 18.0 Å². The molecule has 3 aromatic rings. The van der Waals surface area contributed by atoms with Crippen LogP contribution in [0.4, 0.5) is 5.00 Å². The number of nitrogens with one attached hydrogen (secondary N) is 1. The molecule has 1 aromatic carbocycles. The Balaban J connectivity index is 1.51. The Morgan fingerprint density at radius 3 is 2.69 bits per heavy atom. The van der Waals surface area contributed by atoms with Crippen molar-refractivity contribution in [2.24, 2.45) is 5.10 Å². The smallest absolute Gasteiger partial charge is 0.292 e. The molecule has 1 saturated heterocycles. The van der Waals surface area contributed by atoms with Gasteiger partial charge < -0.3 is 4.90 Å². The quantitative estimate of drug-likeness (QED) is 0.518. The second-order valence-corrected chi connectivity index (χ2v) is 8.03. The third-order valence-electron chi connectivity index (χ3n) is 5.02. The molecule has 8 heteroatoms. The van der Waals surface area contributed by atoms with Crippen LogP contribution in [0.2, 0.25) is 0 Å². The number of amides is 1. The average Bonchev–Trinajstić information content (AvgIpc) is 3.24. The standard InChI is InChI=1S/C21H23N5O2S/c1-2-26-21(28)17-9-5-4-8-16(17)19(24-26)20(27)23-22-14-15-10-11-18(29-15)25-12-6-3-7-13-25/h4-5,8-11,14H,2-3,6-7,12-13H2,1H3,(H,23,27)/b22-14-. The molecule has 0 unspecified atom stereocenters. The zero-order valence-electron chi connectivity index (χ0n) is 16.3. The van der Waals surface area contributed by atoms with Crippen molar-refractivity contribution in [2.45, 2.75) is 32.7 Å². The normalized spacial score (nSPS) is 14.6. The lowest BCUT2D eigenvalue weighted by Gasteiger charge is -2.27. The van der Waals surface area contributed by atoms with Crippen molar-refractivity contribution >= 4 is 39.2 Å². The van der Waals surface area contributed by atoms with Crippen molar-refractivity contribution in [1.29, 1.82) is 0 Å². The summed E-state index contributed by atoms with van der Waals surface area (Å²) in [6.45, 7) is 4.40. The van der Waals surface area contributed by atoms with E-state index in [0.29, 0.717) is 17.3 Å². The van der Waals surface area contributed by atoms with E-state index in [1.165, 1.54) is 28.9 Å². The van der Waals surface area contributed by atoms with Gasteiger partial charge in [0.2, 0.25) is 0 Å². The van der Waals surface area contributed by atoms with Gasteiger partial charge in [0.1, 0.15) is 0 Å². The Labute approximate surface area is 172 Å². The highest BCUT2D eigenvalue weighted by atomic mass is 32.1. The first kappa shape index (κ1) is 19.3. The third-order valence-corrected chi connectivity index (χ3v) is 6.10. The first-order valence-electron chi connectivity index (χ1n) is 9.85. The Morgan fingerprint density at radius 2 is 1.93 bits per heavy atom. The summed E-state index contributed by atoms with van der Waals surface area (Å²) < 4.78 is 1.30. The van der Waals surface area contributed by atoms with E-state index < -0.39 is 5.91 Å². The van der Waals surface area contributed by atoms with Crippen LogP contribution in [0.5, 0.6) is 0 Å². The van der Waals surface area contributed by atoms with Gasteiger partial charge in [0.05, 0.1) is 16.6 Å². The maximum Gasteiger partial charge on any atom is 0.292 e. The molecular weight excluding hydrogens is 386 g/mol. The summed E-state index contributed by atoms with van der Waals surface area (Å²) in [5, 5.41) is 10.6. The number of nitrogens with zero attached hydrogens (tertiary/aromatic N) is 4. The number of carbonyl (C=O) groups is 1. The van der Waals surface area contributed by atoms with E-state index in [0.717, 1.165) is 18.0 Å². The summed E-state index contributed by atoms with van der Waals surface area (Å²) in [5.41, 5.74) is 2.54. The van der Waals surface area contributed by atoms with Gasteiger partial charge in [0.15, 0.2) is 5.69 Å². The highest BCUT2D eigenvalue weighted by Crippen LogP contribution is 2.27. The van der Waals surface area contributed by atoms with Crippen LogP contribution in [0.25, 0.3) is 10.8 Å². The van der Waals surface area contributed by atoms with Crippen molar-refractivity contribution < 1.29 is 4.79 Å². The van der Waals surface area contributed by atoms with Gasteiger partial charge >= 0.3 is 0 Å². The lowest BCUT2D eigenvalue weighted by molar-refractivity contribution is 0.0949. The van der Waals surface area contributed by atoms with Crippen LogP contribution in [-0.4, -0.2) is 35.0 Å². The van der Waals surface area contributed by atoms with Crippen molar-refractivity contribution in [3.63, 3.8) is 0 Å². The number of hydrogen-bond acceptors (Lipinski definition) is 6. The van der Waals surface area contributed by atoms with E-state index >= 15 is 0 Å². The number of carbonyl (C=O) groups excluding carboxylic acids is 1. The molecule has 0 aliphatic carbocycles. The molecule has 1 aliphatic rings. The van der Waals surface area contributed by atoms with Crippen LogP contribution >= 0.6 is 11.3 Å². The molecule has 1 aliphatic heterocycles. The van der Waals surface area contributed by atoms with Crippen LogP contribution in [0.3, 0.4) is 0 Å². The number of benzene rings is 1. The summed E-state index contributed by atoms with van der Waals surface area (Å²) in [7, 11) is 0. The van der Waals surface area contributed by atoms with E-state index in [9.17, 15) is 9.59 Å². The average molecular weight is 410 g/mol. The summed E-state index contributed by atoms with van der Waals surface area (Å²) in [6.07, 6.45) is 5.42. The molecule has 150 valence electrons. The molecule has 2 aromatic heterocycles. The zero-order valence-corrected chi connectivity index (χ0v) is 17.1. The van der Waals surface area contributed by atoms with E-state index in [-0.39, 0.29) is 11.3 Å². The molecule has 0 saturated carbocycles. The lowest BCUT2D eigenvalue weighted by Crippen LogP contribution is -2.28. The Bertz CT molecular complexity index is 1110. The predicted octanol–water partition coefficient (Wildman–Crippen LogP) is 3.23. The molecule has 0 spiro atoms. The van der Waals surface area contributed by atoms with Gasteiger partial charge in [-0.1, -0.05) is 18.2 Å². The minimum Gasteiger partial charge on any atom is -0.363 e. The molecule has 3 heterocycles. The van der Waals surface area contributed by atoms with Crippen LogP contribution in [-0.2, 0) is 6.54 Å². The fraction of sp³-hybridized carbons (Fsp3) is 0.333. The second kappa shape index (κ2) is 8.57. The van der Waals surface area contributed by atoms with E-state index in [2.05, 4.69) is 26.6 Å². The first-order chi connectivity index (χ1) is 14.2. The lowest BCUT2D eigenvalue weighted by atomic mass is 10.1. The van der Waals surface area contributed by atoms with Gasteiger partial charge in [-0.15, -0.1) is 11.3 Å². The van der Waals surface area contributed by atoms with Crippen LogP contribution in [0.15, 0.2) is 46.3 Å². The van der Waals surface area contributed by atoms with Crippen molar-refractivity contribution in [1.82, 2.24) is 15.2 Å². The number of rotatable bonds is 5. The minimum absolute atomic E-state index is 0.194. The van der Waals surface area contributed by atoms with Gasteiger partial charge in [-0.25, -0.2) is 10.1 Å². The number of aryl methyl sites for hydroxylation is 1. The Morgan fingerprint density at radius 1 is 1.17 bits per heavy atom. The van der Waals surface area contributed by atoms with Crippen LogP contribution < -0.4 is 15.9 Å². The molecule has 29 heavy (non-hydrogen) atoms. The fourth-order valence-corrected chi connectivity index (χ4v) is 4.45. The third kappa shape index (κ3) is 4.07. The highest BCUT2D eigenvalue weighted by molar-refractivity contribution is 7.17. The topological polar surface area (TPSA) is 79.6 Å². The van der Waals surface area contributed by atoms with E-state index in [4.69, 9.17) is 0 Å². The molecule has 1 N–H and O–H groups in total. The molecule has 7 nitrogen and oxygen atoms in total. The molecule has 4 rings (SSSR count). The molecule has 0 radical (unpaired) electrons. The number of hydrazone groups is 1. The monoisotopic (exact) mass is 409 g/mol. The van der Waals surface area contributed by atoms with Crippen LogP contribution in [0.1, 0.15) is 41.6 Å². The second-order valence-electron chi connectivity index (χ2n) is 6.94. The van der Waals surface area contributed by atoms with Gasteiger partial charge in [-0.3, -0.25) is 9.59 Å². The molecular formula is C21H23N5O2S. The first-order valence-corrected chi connectivity index (χ1v) is 10.7. The van der Waals surface area contributed by atoms with Crippen LogP contribution in [0, 0.1) is 0 Å². The van der Waals surface area contributed by atoms with E-state index in [1.807, 2.05) is 13.0 Å². The number of hydrogen-bond donors (Lipinski definition) is 1. The molecule has 0 atom stereocenters. The molecule has 1 fully saturated rings. The number of fused-ring (bicyclic) bond motifs is 1.